The number of aromatic nitrogens is 1. The summed E-state index contributed by atoms with van der Waals surface area (Å²) in [5.41, 5.74) is 4.90. The molecule has 1 N–H and O–H groups in total. The number of carboxylic acids is 1. The van der Waals surface area contributed by atoms with E-state index in [2.05, 4.69) is 43.1 Å². The first-order valence-corrected chi connectivity index (χ1v) is 6.96. The van der Waals surface area contributed by atoms with Crippen LogP contribution in [0.5, 0.6) is 0 Å². The van der Waals surface area contributed by atoms with Crippen molar-refractivity contribution in [3.05, 3.63) is 59.3 Å². The van der Waals surface area contributed by atoms with E-state index in [0.717, 1.165) is 28.6 Å². The summed E-state index contributed by atoms with van der Waals surface area (Å²) < 4.78 is 0. The minimum absolute atomic E-state index is 0.511. The summed E-state index contributed by atoms with van der Waals surface area (Å²) in [5.74, 6) is -0.444. The second-order valence-corrected chi connectivity index (χ2v) is 5.32. The van der Waals surface area contributed by atoms with Crippen molar-refractivity contribution < 1.29 is 9.90 Å². The summed E-state index contributed by atoms with van der Waals surface area (Å²) in [6.45, 7) is 6.22. The average Bonchev–Trinajstić information content (AvgIpc) is 2.46. The number of rotatable bonds is 4. The molecule has 2 rings (SSSR count). The highest BCUT2D eigenvalue weighted by atomic mass is 16.4. The van der Waals surface area contributed by atoms with Crippen LogP contribution in [-0.4, -0.2) is 16.1 Å². The van der Waals surface area contributed by atoms with E-state index in [1.54, 1.807) is 6.08 Å². The largest absolute Gasteiger partial charge is 0.478 e. The van der Waals surface area contributed by atoms with E-state index >= 15 is 0 Å². The molecule has 0 aliphatic carbocycles. The van der Waals surface area contributed by atoms with Gasteiger partial charge >= 0.3 is 5.97 Å². The Morgan fingerprint density at radius 3 is 2.33 bits per heavy atom. The molecule has 3 nitrogen and oxygen atoms in total. The Labute approximate surface area is 125 Å². The summed E-state index contributed by atoms with van der Waals surface area (Å²) >= 11 is 0. The standard InChI is InChI=1S/C18H19NO2/c1-12(2)14-4-6-16(7-5-14)17-10-8-15(13(3)19-17)9-11-18(20)21/h4-12H,1-3H3,(H,20,21)/b11-9+. The van der Waals surface area contributed by atoms with Gasteiger partial charge < -0.3 is 5.11 Å². The molecule has 1 heterocycles. The molecule has 21 heavy (non-hydrogen) atoms. The van der Waals surface area contributed by atoms with Gasteiger partial charge in [0, 0.05) is 17.3 Å². The van der Waals surface area contributed by atoms with Crippen molar-refractivity contribution in [1.82, 2.24) is 4.98 Å². The predicted octanol–water partition coefficient (Wildman–Crippen LogP) is 4.28. The van der Waals surface area contributed by atoms with Gasteiger partial charge in [-0.2, -0.15) is 0 Å². The third-order valence-electron chi connectivity index (χ3n) is 3.41. The lowest BCUT2D eigenvalue weighted by atomic mass is 10.0. The summed E-state index contributed by atoms with van der Waals surface area (Å²) in [7, 11) is 0. The maximum absolute atomic E-state index is 10.6. The molecule has 0 aliphatic rings. The second kappa shape index (κ2) is 6.35. The SMILES string of the molecule is Cc1nc(-c2ccc(C(C)C)cc2)ccc1/C=C/C(=O)O. The van der Waals surface area contributed by atoms with Crippen LogP contribution in [0.1, 0.15) is 36.6 Å². The van der Waals surface area contributed by atoms with Gasteiger partial charge in [0.25, 0.3) is 0 Å². The number of hydrogen-bond acceptors (Lipinski definition) is 2. The van der Waals surface area contributed by atoms with Gasteiger partial charge in [0.05, 0.1) is 5.69 Å². The minimum atomic E-state index is -0.956. The van der Waals surface area contributed by atoms with Gasteiger partial charge in [0.1, 0.15) is 0 Å². The zero-order valence-corrected chi connectivity index (χ0v) is 12.5. The number of benzene rings is 1. The fourth-order valence-electron chi connectivity index (χ4n) is 2.11. The lowest BCUT2D eigenvalue weighted by Crippen LogP contribution is -1.93. The maximum Gasteiger partial charge on any atom is 0.328 e. The molecular formula is C18H19NO2. The van der Waals surface area contributed by atoms with Crippen LogP contribution in [0.2, 0.25) is 0 Å². The number of carboxylic acid groups (broad SMARTS) is 1. The molecule has 0 bridgehead atoms. The Hall–Kier alpha value is -2.42. The predicted molar refractivity (Wildman–Crippen MR) is 85.2 cm³/mol. The summed E-state index contributed by atoms with van der Waals surface area (Å²) in [4.78, 5) is 15.1. The molecule has 0 unspecified atom stereocenters. The van der Waals surface area contributed by atoms with Gasteiger partial charge in [-0.25, -0.2) is 4.79 Å². The van der Waals surface area contributed by atoms with Gasteiger partial charge in [-0.3, -0.25) is 4.98 Å². The number of nitrogens with zero attached hydrogens (tertiary/aromatic N) is 1. The van der Waals surface area contributed by atoms with E-state index in [-0.39, 0.29) is 0 Å². The Balaban J connectivity index is 2.29. The van der Waals surface area contributed by atoms with Crippen molar-refractivity contribution in [2.75, 3.05) is 0 Å². The molecule has 0 fully saturated rings. The molecule has 108 valence electrons. The lowest BCUT2D eigenvalue weighted by Gasteiger charge is -2.08. The molecule has 2 aromatic rings. The van der Waals surface area contributed by atoms with Crippen molar-refractivity contribution in [1.29, 1.82) is 0 Å². The molecule has 0 saturated carbocycles. The Bertz CT molecular complexity index is 670. The molecule has 0 spiro atoms. The monoisotopic (exact) mass is 281 g/mol. The van der Waals surface area contributed by atoms with Crippen LogP contribution in [0, 0.1) is 6.92 Å². The Kier molecular flexibility index (Phi) is 4.53. The van der Waals surface area contributed by atoms with Crippen LogP contribution in [0.25, 0.3) is 17.3 Å². The van der Waals surface area contributed by atoms with Crippen molar-refractivity contribution in [2.24, 2.45) is 0 Å². The fraction of sp³-hybridized carbons (Fsp3) is 0.222. The van der Waals surface area contributed by atoms with Gasteiger partial charge in [-0.15, -0.1) is 0 Å². The van der Waals surface area contributed by atoms with Crippen LogP contribution < -0.4 is 0 Å². The maximum atomic E-state index is 10.6. The number of hydrogen-bond donors (Lipinski definition) is 1. The molecule has 0 amide bonds. The van der Waals surface area contributed by atoms with Crippen molar-refractivity contribution in [2.45, 2.75) is 26.7 Å². The number of aryl methyl sites for hydroxylation is 1. The first-order valence-electron chi connectivity index (χ1n) is 6.96. The first kappa shape index (κ1) is 15.0. The van der Waals surface area contributed by atoms with E-state index in [0.29, 0.717) is 5.92 Å². The molecular weight excluding hydrogens is 262 g/mol. The van der Waals surface area contributed by atoms with E-state index in [4.69, 9.17) is 5.11 Å². The van der Waals surface area contributed by atoms with Crippen molar-refractivity contribution >= 4 is 12.0 Å². The summed E-state index contributed by atoms with van der Waals surface area (Å²) in [6.07, 6.45) is 2.69. The normalized spacial score (nSPS) is 11.2. The van der Waals surface area contributed by atoms with Crippen LogP contribution in [0.4, 0.5) is 0 Å². The Morgan fingerprint density at radius 1 is 1.14 bits per heavy atom. The number of aliphatic carboxylic acids is 1. The molecule has 3 heteroatoms. The third kappa shape index (κ3) is 3.78. The molecule has 1 aromatic heterocycles. The van der Waals surface area contributed by atoms with Gasteiger partial charge in [0.2, 0.25) is 0 Å². The molecule has 0 atom stereocenters. The number of carbonyl (C=O) groups is 1. The van der Waals surface area contributed by atoms with E-state index in [1.165, 1.54) is 5.56 Å². The van der Waals surface area contributed by atoms with Crippen LogP contribution >= 0.6 is 0 Å². The summed E-state index contributed by atoms with van der Waals surface area (Å²) in [6, 6.07) is 12.2. The fourth-order valence-corrected chi connectivity index (χ4v) is 2.11. The highest BCUT2D eigenvalue weighted by molar-refractivity contribution is 5.85. The second-order valence-electron chi connectivity index (χ2n) is 5.32. The van der Waals surface area contributed by atoms with Gasteiger partial charge in [-0.05, 0) is 36.1 Å². The van der Waals surface area contributed by atoms with Crippen LogP contribution in [0.15, 0.2) is 42.5 Å². The van der Waals surface area contributed by atoms with Crippen molar-refractivity contribution in [3.63, 3.8) is 0 Å². The van der Waals surface area contributed by atoms with Crippen molar-refractivity contribution in [3.8, 4) is 11.3 Å². The molecule has 0 aliphatic heterocycles. The van der Waals surface area contributed by atoms with Crippen LogP contribution in [0.3, 0.4) is 0 Å². The van der Waals surface area contributed by atoms with E-state index in [9.17, 15) is 4.79 Å². The summed E-state index contributed by atoms with van der Waals surface area (Å²) in [5, 5.41) is 8.66. The third-order valence-corrected chi connectivity index (χ3v) is 3.41. The molecule has 0 radical (unpaired) electrons. The molecule has 1 aromatic carbocycles. The average molecular weight is 281 g/mol. The van der Waals surface area contributed by atoms with Gasteiger partial charge in [0.15, 0.2) is 0 Å². The Morgan fingerprint density at radius 2 is 1.81 bits per heavy atom. The first-order chi connectivity index (χ1) is 9.97. The van der Waals surface area contributed by atoms with E-state index < -0.39 is 5.97 Å². The zero-order chi connectivity index (χ0) is 15.4. The zero-order valence-electron chi connectivity index (χ0n) is 12.5. The lowest BCUT2D eigenvalue weighted by molar-refractivity contribution is -0.131. The number of pyridine rings is 1. The van der Waals surface area contributed by atoms with Gasteiger partial charge in [-0.1, -0.05) is 44.2 Å². The smallest absolute Gasteiger partial charge is 0.328 e. The quantitative estimate of drug-likeness (QED) is 0.851. The molecule has 0 saturated heterocycles. The highest BCUT2D eigenvalue weighted by Crippen LogP contribution is 2.22. The topological polar surface area (TPSA) is 50.2 Å². The van der Waals surface area contributed by atoms with Crippen LogP contribution in [-0.2, 0) is 4.79 Å². The highest BCUT2D eigenvalue weighted by Gasteiger charge is 2.04. The van der Waals surface area contributed by atoms with E-state index in [1.807, 2.05) is 19.1 Å². The minimum Gasteiger partial charge on any atom is -0.478 e.